The molecular formula is C14H11ClFN5. The number of halogens is 2. The highest BCUT2D eigenvalue weighted by Gasteiger charge is 2.13. The number of nitrogens with two attached hydrogens (primary N) is 1. The fraction of sp³-hybridized carbons (Fsp3) is 0.0714. The van der Waals surface area contributed by atoms with Crippen LogP contribution in [-0.2, 0) is 0 Å². The normalized spacial score (nSPS) is 10.8. The molecule has 0 saturated carbocycles. The molecule has 2 N–H and O–H groups in total. The van der Waals surface area contributed by atoms with Crippen LogP contribution in [0.2, 0.25) is 5.02 Å². The summed E-state index contributed by atoms with van der Waals surface area (Å²) in [6, 6.07) is 9.63. The molecule has 3 rings (SSSR count). The lowest BCUT2D eigenvalue weighted by Gasteiger charge is -2.07. The number of anilines is 1. The van der Waals surface area contributed by atoms with E-state index in [1.54, 1.807) is 31.2 Å². The number of aryl methyl sites for hydroxylation is 1. The van der Waals surface area contributed by atoms with E-state index in [1.165, 1.54) is 16.8 Å². The van der Waals surface area contributed by atoms with Crippen molar-refractivity contribution in [3.63, 3.8) is 0 Å². The molecular weight excluding hydrogens is 293 g/mol. The Morgan fingerprint density at radius 1 is 1.14 bits per heavy atom. The maximum atomic E-state index is 13.6. The Bertz CT molecular complexity index is 708. The van der Waals surface area contributed by atoms with E-state index in [-0.39, 0.29) is 5.82 Å². The van der Waals surface area contributed by atoms with Crippen LogP contribution in [0.15, 0.2) is 36.4 Å². The standard InChI is InChI=1S/C14H11ClFN5/c1-8-2-11(16)7-13(3-8)21-14(18-19-20-21)9-4-10(15)6-12(17)5-9/h2-7H,17H2,1H3. The topological polar surface area (TPSA) is 69.6 Å². The summed E-state index contributed by atoms with van der Waals surface area (Å²) < 4.78 is 15.0. The quantitative estimate of drug-likeness (QED) is 0.739. The van der Waals surface area contributed by atoms with Crippen molar-refractivity contribution in [3.05, 3.63) is 52.8 Å². The number of hydrogen-bond acceptors (Lipinski definition) is 4. The van der Waals surface area contributed by atoms with Gasteiger partial charge in [-0.15, -0.1) is 5.10 Å². The Morgan fingerprint density at radius 2 is 1.95 bits per heavy atom. The smallest absolute Gasteiger partial charge is 0.187 e. The van der Waals surface area contributed by atoms with E-state index in [0.717, 1.165) is 5.56 Å². The van der Waals surface area contributed by atoms with Gasteiger partial charge < -0.3 is 5.73 Å². The third kappa shape index (κ3) is 2.71. The molecule has 0 radical (unpaired) electrons. The highest BCUT2D eigenvalue weighted by atomic mass is 35.5. The summed E-state index contributed by atoms with van der Waals surface area (Å²) in [6.07, 6.45) is 0. The summed E-state index contributed by atoms with van der Waals surface area (Å²) in [6.45, 7) is 1.80. The predicted molar refractivity (Wildman–Crippen MR) is 78.7 cm³/mol. The minimum absolute atomic E-state index is 0.350. The molecule has 1 heterocycles. The van der Waals surface area contributed by atoms with Crippen molar-refractivity contribution in [1.82, 2.24) is 20.2 Å². The highest BCUT2D eigenvalue weighted by molar-refractivity contribution is 6.31. The van der Waals surface area contributed by atoms with Crippen LogP contribution in [0, 0.1) is 12.7 Å². The molecule has 0 aliphatic heterocycles. The second kappa shape index (κ2) is 5.14. The zero-order valence-corrected chi connectivity index (χ0v) is 11.8. The van der Waals surface area contributed by atoms with Gasteiger partial charge in [0.1, 0.15) is 5.82 Å². The Morgan fingerprint density at radius 3 is 2.67 bits per heavy atom. The number of aromatic nitrogens is 4. The summed E-state index contributed by atoms with van der Waals surface area (Å²) in [5.74, 6) is 0.0891. The lowest BCUT2D eigenvalue weighted by molar-refractivity contribution is 0.623. The largest absolute Gasteiger partial charge is 0.399 e. The summed E-state index contributed by atoms with van der Waals surface area (Å²) in [5, 5.41) is 12.0. The molecule has 0 unspecified atom stereocenters. The minimum Gasteiger partial charge on any atom is -0.399 e. The molecule has 0 amide bonds. The van der Waals surface area contributed by atoms with E-state index in [9.17, 15) is 4.39 Å². The molecule has 0 spiro atoms. The van der Waals surface area contributed by atoms with Crippen LogP contribution in [0.25, 0.3) is 17.1 Å². The monoisotopic (exact) mass is 303 g/mol. The summed E-state index contributed by atoms with van der Waals surface area (Å²) in [5.41, 5.74) is 8.25. The molecule has 3 aromatic rings. The third-order valence-corrected chi connectivity index (χ3v) is 3.14. The number of hydrogen-bond donors (Lipinski definition) is 1. The Balaban J connectivity index is 2.16. The van der Waals surface area contributed by atoms with Crippen molar-refractivity contribution in [2.45, 2.75) is 6.92 Å². The average molecular weight is 304 g/mol. The molecule has 0 aliphatic carbocycles. The summed E-state index contributed by atoms with van der Waals surface area (Å²) in [4.78, 5) is 0. The van der Waals surface area contributed by atoms with E-state index < -0.39 is 0 Å². The van der Waals surface area contributed by atoms with Gasteiger partial charge >= 0.3 is 0 Å². The minimum atomic E-state index is -0.350. The number of benzene rings is 2. The molecule has 5 nitrogen and oxygen atoms in total. The van der Waals surface area contributed by atoms with Gasteiger partial charge in [-0.05, 0) is 59.3 Å². The molecule has 1 aromatic heterocycles. The average Bonchev–Trinajstić information content (AvgIpc) is 2.85. The number of nitrogens with zero attached hydrogens (tertiary/aromatic N) is 4. The van der Waals surface area contributed by atoms with Gasteiger partial charge in [-0.1, -0.05) is 11.6 Å². The van der Waals surface area contributed by atoms with E-state index >= 15 is 0 Å². The van der Waals surface area contributed by atoms with E-state index in [1.807, 2.05) is 0 Å². The molecule has 0 atom stereocenters. The van der Waals surface area contributed by atoms with Crippen LogP contribution >= 0.6 is 11.6 Å². The zero-order valence-electron chi connectivity index (χ0n) is 11.1. The first-order valence-electron chi connectivity index (χ1n) is 6.15. The van der Waals surface area contributed by atoms with Crippen molar-refractivity contribution < 1.29 is 4.39 Å². The highest BCUT2D eigenvalue weighted by Crippen LogP contribution is 2.26. The van der Waals surface area contributed by atoms with Gasteiger partial charge in [0.25, 0.3) is 0 Å². The Kier molecular flexibility index (Phi) is 3.31. The van der Waals surface area contributed by atoms with Crippen LogP contribution in [0.4, 0.5) is 10.1 Å². The number of nitrogen functional groups attached to an aromatic ring is 1. The number of tetrazole rings is 1. The molecule has 0 fully saturated rings. The lowest BCUT2D eigenvalue weighted by atomic mass is 10.1. The van der Waals surface area contributed by atoms with Crippen molar-refractivity contribution in [2.24, 2.45) is 0 Å². The fourth-order valence-electron chi connectivity index (χ4n) is 2.12. The Hall–Kier alpha value is -2.47. The van der Waals surface area contributed by atoms with Crippen molar-refractivity contribution >= 4 is 17.3 Å². The van der Waals surface area contributed by atoms with Gasteiger partial charge in [0.15, 0.2) is 5.82 Å². The van der Waals surface area contributed by atoms with Gasteiger partial charge in [0, 0.05) is 16.3 Å². The van der Waals surface area contributed by atoms with Crippen LogP contribution < -0.4 is 5.73 Å². The molecule has 2 aromatic carbocycles. The second-order valence-electron chi connectivity index (χ2n) is 4.67. The van der Waals surface area contributed by atoms with Gasteiger partial charge in [-0.2, -0.15) is 4.68 Å². The second-order valence-corrected chi connectivity index (χ2v) is 5.11. The van der Waals surface area contributed by atoms with Crippen LogP contribution in [0.1, 0.15) is 5.56 Å². The summed E-state index contributed by atoms with van der Waals surface area (Å²) in [7, 11) is 0. The first-order valence-corrected chi connectivity index (χ1v) is 6.53. The van der Waals surface area contributed by atoms with E-state index in [0.29, 0.717) is 27.8 Å². The molecule has 7 heteroatoms. The zero-order chi connectivity index (χ0) is 15.0. The first kappa shape index (κ1) is 13.5. The maximum absolute atomic E-state index is 13.6. The summed E-state index contributed by atoms with van der Waals surface area (Å²) >= 11 is 6.00. The molecule has 0 aliphatic rings. The van der Waals surface area contributed by atoms with Crippen molar-refractivity contribution in [1.29, 1.82) is 0 Å². The van der Waals surface area contributed by atoms with Gasteiger partial charge in [-0.3, -0.25) is 0 Å². The van der Waals surface area contributed by atoms with Crippen molar-refractivity contribution in [2.75, 3.05) is 5.73 Å². The maximum Gasteiger partial charge on any atom is 0.187 e. The SMILES string of the molecule is Cc1cc(F)cc(-n2nnnc2-c2cc(N)cc(Cl)c2)c1. The molecule has 21 heavy (non-hydrogen) atoms. The van der Waals surface area contributed by atoms with Crippen molar-refractivity contribution in [3.8, 4) is 17.1 Å². The van der Waals surface area contributed by atoms with Gasteiger partial charge in [0.2, 0.25) is 0 Å². The van der Waals surface area contributed by atoms with E-state index in [2.05, 4.69) is 15.5 Å². The van der Waals surface area contributed by atoms with E-state index in [4.69, 9.17) is 17.3 Å². The van der Waals surface area contributed by atoms with Crippen LogP contribution in [0.5, 0.6) is 0 Å². The van der Waals surface area contributed by atoms with Crippen LogP contribution in [0.3, 0.4) is 0 Å². The fourth-order valence-corrected chi connectivity index (χ4v) is 2.37. The lowest BCUT2D eigenvalue weighted by Crippen LogP contribution is -2.01. The Labute approximate surface area is 125 Å². The first-order chi connectivity index (χ1) is 10.0. The van der Waals surface area contributed by atoms with Crippen LogP contribution in [-0.4, -0.2) is 20.2 Å². The molecule has 106 valence electrons. The molecule has 0 bridgehead atoms. The predicted octanol–water partition coefficient (Wildman–Crippen LogP) is 3.01. The van der Waals surface area contributed by atoms with Gasteiger partial charge in [-0.25, -0.2) is 4.39 Å². The van der Waals surface area contributed by atoms with Gasteiger partial charge in [0.05, 0.1) is 5.69 Å². The third-order valence-electron chi connectivity index (χ3n) is 2.92. The number of rotatable bonds is 2. The molecule has 0 saturated heterocycles.